The topological polar surface area (TPSA) is 34.9 Å². The summed E-state index contributed by atoms with van der Waals surface area (Å²) in [6.45, 7) is 0.519. The Morgan fingerprint density at radius 1 is 1.31 bits per heavy atom. The number of pyridine rings is 2. The molecule has 2 aromatic heterocycles. The Labute approximate surface area is 109 Å². The molecular formula is C11H8Br2N2O. The van der Waals surface area contributed by atoms with E-state index in [4.69, 9.17) is 0 Å². The average molecular weight is 344 g/mol. The fourth-order valence-corrected chi connectivity index (χ4v) is 2.16. The fraction of sp³-hybridized carbons (Fsp3) is 0.0909. The van der Waals surface area contributed by atoms with Crippen LogP contribution in [-0.2, 0) is 6.54 Å². The first-order chi connectivity index (χ1) is 7.66. The van der Waals surface area contributed by atoms with Gasteiger partial charge in [-0.15, -0.1) is 0 Å². The molecule has 0 amide bonds. The van der Waals surface area contributed by atoms with Crippen molar-refractivity contribution in [2.24, 2.45) is 0 Å². The molecule has 0 atom stereocenters. The predicted molar refractivity (Wildman–Crippen MR) is 69.4 cm³/mol. The minimum absolute atomic E-state index is 0.0394. The molecule has 0 spiro atoms. The third kappa shape index (κ3) is 2.59. The van der Waals surface area contributed by atoms with E-state index in [1.165, 1.54) is 0 Å². The van der Waals surface area contributed by atoms with Crippen molar-refractivity contribution in [3.8, 4) is 0 Å². The number of aromatic nitrogens is 2. The summed E-state index contributed by atoms with van der Waals surface area (Å²) in [5, 5.41) is 0. The Morgan fingerprint density at radius 2 is 2.12 bits per heavy atom. The summed E-state index contributed by atoms with van der Waals surface area (Å²) in [4.78, 5) is 15.8. The molecule has 0 saturated heterocycles. The molecule has 0 aliphatic rings. The Hall–Kier alpha value is -0.940. The summed E-state index contributed by atoms with van der Waals surface area (Å²) >= 11 is 6.56. The lowest BCUT2D eigenvalue weighted by molar-refractivity contribution is 0.751. The Bertz CT molecular complexity index is 566. The number of hydrogen-bond acceptors (Lipinski definition) is 2. The molecule has 0 unspecified atom stereocenters. The maximum atomic E-state index is 11.7. The van der Waals surface area contributed by atoms with E-state index in [-0.39, 0.29) is 5.56 Å². The van der Waals surface area contributed by atoms with Gasteiger partial charge in [0, 0.05) is 23.1 Å². The van der Waals surface area contributed by atoms with Crippen molar-refractivity contribution in [2.45, 2.75) is 6.54 Å². The summed E-state index contributed by atoms with van der Waals surface area (Å²) in [6, 6.07) is 5.51. The van der Waals surface area contributed by atoms with Crippen LogP contribution in [0.15, 0.2) is 50.5 Å². The van der Waals surface area contributed by atoms with Crippen molar-refractivity contribution in [1.82, 2.24) is 9.55 Å². The van der Waals surface area contributed by atoms with Crippen LogP contribution in [0.3, 0.4) is 0 Å². The van der Waals surface area contributed by atoms with Gasteiger partial charge >= 0.3 is 0 Å². The molecule has 3 nitrogen and oxygen atoms in total. The first-order valence-electron chi connectivity index (χ1n) is 4.61. The minimum atomic E-state index is -0.0394. The molecule has 5 heteroatoms. The maximum absolute atomic E-state index is 11.7. The van der Waals surface area contributed by atoms with Crippen LogP contribution in [0.25, 0.3) is 0 Å². The third-order valence-electron chi connectivity index (χ3n) is 2.09. The molecule has 0 aromatic carbocycles. The minimum Gasteiger partial charge on any atom is -0.310 e. The maximum Gasteiger partial charge on any atom is 0.265 e. The first-order valence-corrected chi connectivity index (χ1v) is 6.20. The molecular weight excluding hydrogens is 336 g/mol. The summed E-state index contributed by atoms with van der Waals surface area (Å²) < 4.78 is 3.11. The Morgan fingerprint density at radius 3 is 2.88 bits per heavy atom. The normalized spacial score (nSPS) is 10.4. The van der Waals surface area contributed by atoms with Crippen LogP contribution in [0.5, 0.6) is 0 Å². The Kier molecular flexibility index (Phi) is 3.56. The van der Waals surface area contributed by atoms with Crippen molar-refractivity contribution >= 4 is 31.9 Å². The molecule has 16 heavy (non-hydrogen) atoms. The van der Waals surface area contributed by atoms with Gasteiger partial charge in [0.1, 0.15) is 0 Å². The van der Waals surface area contributed by atoms with Crippen molar-refractivity contribution in [3.63, 3.8) is 0 Å². The zero-order chi connectivity index (χ0) is 11.5. The van der Waals surface area contributed by atoms with Gasteiger partial charge in [-0.25, -0.2) is 0 Å². The molecule has 2 heterocycles. The van der Waals surface area contributed by atoms with Crippen molar-refractivity contribution in [2.75, 3.05) is 0 Å². The standard InChI is InChI=1S/C11H8Br2N2O/c12-9-4-8(5-14-6-9)7-15-3-1-2-10(13)11(15)16/h1-6H,7H2. The second-order valence-electron chi connectivity index (χ2n) is 3.30. The second-order valence-corrected chi connectivity index (χ2v) is 5.07. The fourth-order valence-electron chi connectivity index (χ4n) is 1.37. The second kappa shape index (κ2) is 4.93. The molecule has 2 aromatic rings. The van der Waals surface area contributed by atoms with Gasteiger partial charge < -0.3 is 4.57 Å². The van der Waals surface area contributed by atoms with Crippen LogP contribution in [0.1, 0.15) is 5.56 Å². The van der Waals surface area contributed by atoms with E-state index in [9.17, 15) is 4.79 Å². The van der Waals surface area contributed by atoms with Crippen molar-refractivity contribution < 1.29 is 0 Å². The highest BCUT2D eigenvalue weighted by Gasteiger charge is 2.01. The highest BCUT2D eigenvalue weighted by Crippen LogP contribution is 2.10. The summed E-state index contributed by atoms with van der Waals surface area (Å²) in [5.41, 5.74) is 0.942. The van der Waals surface area contributed by atoms with Crippen LogP contribution in [-0.4, -0.2) is 9.55 Å². The van der Waals surface area contributed by atoms with Crippen LogP contribution in [0.2, 0.25) is 0 Å². The van der Waals surface area contributed by atoms with Crippen molar-refractivity contribution in [3.05, 3.63) is 61.7 Å². The Balaban J connectivity index is 2.34. The lowest BCUT2D eigenvalue weighted by atomic mass is 10.3. The number of halogens is 2. The molecule has 0 bridgehead atoms. The van der Waals surface area contributed by atoms with Gasteiger partial charge in [-0.05, 0) is 55.6 Å². The highest BCUT2D eigenvalue weighted by molar-refractivity contribution is 9.10. The molecule has 0 saturated carbocycles. The SMILES string of the molecule is O=c1c(Br)cccn1Cc1cncc(Br)c1. The van der Waals surface area contributed by atoms with E-state index in [0.717, 1.165) is 10.0 Å². The van der Waals surface area contributed by atoms with E-state index < -0.39 is 0 Å². The summed E-state index contributed by atoms with van der Waals surface area (Å²) in [5.74, 6) is 0. The zero-order valence-electron chi connectivity index (χ0n) is 8.23. The molecule has 0 fully saturated rings. The largest absolute Gasteiger partial charge is 0.310 e. The van der Waals surface area contributed by atoms with Gasteiger partial charge in [0.25, 0.3) is 5.56 Å². The van der Waals surface area contributed by atoms with Gasteiger partial charge in [0.15, 0.2) is 0 Å². The third-order valence-corrected chi connectivity index (χ3v) is 3.13. The number of hydrogen-bond donors (Lipinski definition) is 0. The zero-order valence-corrected chi connectivity index (χ0v) is 11.4. The van der Waals surface area contributed by atoms with Crippen LogP contribution in [0, 0.1) is 0 Å². The van der Waals surface area contributed by atoms with Gasteiger partial charge in [-0.1, -0.05) is 0 Å². The van der Waals surface area contributed by atoms with E-state index in [1.807, 2.05) is 12.1 Å². The average Bonchev–Trinajstić information content (AvgIpc) is 2.25. The van der Waals surface area contributed by atoms with Crippen LogP contribution >= 0.6 is 31.9 Å². The monoisotopic (exact) mass is 342 g/mol. The molecule has 82 valence electrons. The molecule has 0 aliphatic heterocycles. The van der Waals surface area contributed by atoms with Crippen molar-refractivity contribution in [1.29, 1.82) is 0 Å². The van der Waals surface area contributed by atoms with Crippen LogP contribution < -0.4 is 5.56 Å². The highest BCUT2D eigenvalue weighted by atomic mass is 79.9. The molecule has 0 radical (unpaired) electrons. The first kappa shape index (κ1) is 11.5. The molecule has 2 rings (SSSR count). The van der Waals surface area contributed by atoms with E-state index in [2.05, 4.69) is 36.8 Å². The van der Waals surface area contributed by atoms with E-state index in [1.54, 1.807) is 29.2 Å². The van der Waals surface area contributed by atoms with E-state index in [0.29, 0.717) is 11.0 Å². The lowest BCUT2D eigenvalue weighted by Crippen LogP contribution is -2.20. The number of rotatable bonds is 2. The quantitative estimate of drug-likeness (QED) is 0.840. The summed E-state index contributed by atoms with van der Waals surface area (Å²) in [6.07, 6.45) is 5.22. The summed E-state index contributed by atoms with van der Waals surface area (Å²) in [7, 11) is 0. The van der Waals surface area contributed by atoms with E-state index >= 15 is 0 Å². The predicted octanol–water partition coefficient (Wildman–Crippen LogP) is 2.82. The van der Waals surface area contributed by atoms with Gasteiger partial charge in [-0.2, -0.15) is 0 Å². The van der Waals surface area contributed by atoms with Gasteiger partial charge in [0.05, 0.1) is 11.0 Å². The van der Waals surface area contributed by atoms with Gasteiger partial charge in [-0.3, -0.25) is 9.78 Å². The molecule has 0 aliphatic carbocycles. The smallest absolute Gasteiger partial charge is 0.265 e. The van der Waals surface area contributed by atoms with Gasteiger partial charge in [0.2, 0.25) is 0 Å². The molecule has 0 N–H and O–H groups in total. The lowest BCUT2D eigenvalue weighted by Gasteiger charge is -2.05. The van der Waals surface area contributed by atoms with Crippen LogP contribution in [0.4, 0.5) is 0 Å². The number of nitrogens with zero attached hydrogens (tertiary/aromatic N) is 2.